The van der Waals surface area contributed by atoms with Gasteiger partial charge in [-0.2, -0.15) is 0 Å². The van der Waals surface area contributed by atoms with Gasteiger partial charge in [-0.3, -0.25) is 4.79 Å². The van der Waals surface area contributed by atoms with Gasteiger partial charge in [0.15, 0.2) is 9.84 Å². The van der Waals surface area contributed by atoms with E-state index in [2.05, 4.69) is 10.6 Å². The van der Waals surface area contributed by atoms with Crippen molar-refractivity contribution >= 4 is 21.8 Å². The first-order valence-corrected chi connectivity index (χ1v) is 14.9. The number of morpholine rings is 1. The fourth-order valence-electron chi connectivity index (χ4n) is 4.42. The number of benzene rings is 3. The minimum absolute atomic E-state index is 0.180. The van der Waals surface area contributed by atoms with Crippen LogP contribution in [-0.2, 0) is 32.2 Å². The smallest absolute Gasteiger partial charge is 0.318 e. The quantitative estimate of drug-likeness (QED) is 0.371. The van der Waals surface area contributed by atoms with E-state index >= 15 is 0 Å². The molecule has 4 rings (SSSR count). The largest absolute Gasteiger partial charge is 0.378 e. The Morgan fingerprint density at radius 3 is 2.02 bits per heavy atom. The van der Waals surface area contributed by atoms with E-state index < -0.39 is 21.9 Å². The van der Waals surface area contributed by atoms with Crippen molar-refractivity contribution < 1.29 is 22.7 Å². The summed E-state index contributed by atoms with van der Waals surface area (Å²) < 4.78 is 31.2. The van der Waals surface area contributed by atoms with Crippen molar-refractivity contribution in [1.29, 1.82) is 0 Å². The number of rotatable bonds is 11. The third-order valence-electron chi connectivity index (χ3n) is 6.67. The zero-order valence-corrected chi connectivity index (χ0v) is 23.1. The fourth-order valence-corrected chi connectivity index (χ4v) is 5.51. The molecule has 1 aliphatic rings. The van der Waals surface area contributed by atoms with Crippen molar-refractivity contribution in [3.63, 3.8) is 0 Å². The lowest BCUT2D eigenvalue weighted by Gasteiger charge is -2.29. The van der Waals surface area contributed by atoms with Crippen molar-refractivity contribution in [3.8, 4) is 0 Å². The molecule has 1 unspecified atom stereocenters. The third kappa shape index (κ3) is 8.79. The van der Waals surface area contributed by atoms with Crippen LogP contribution in [0.4, 0.5) is 4.79 Å². The summed E-state index contributed by atoms with van der Waals surface area (Å²) >= 11 is 0. The number of nitrogens with zero attached hydrogens (tertiary/aromatic N) is 1. The van der Waals surface area contributed by atoms with Crippen LogP contribution in [0.25, 0.3) is 0 Å². The van der Waals surface area contributed by atoms with Gasteiger partial charge in [-0.1, -0.05) is 84.9 Å². The molecule has 210 valence electrons. The van der Waals surface area contributed by atoms with E-state index in [9.17, 15) is 18.0 Å². The van der Waals surface area contributed by atoms with Crippen LogP contribution in [0.1, 0.15) is 17.5 Å². The summed E-state index contributed by atoms with van der Waals surface area (Å²) in [7, 11) is -3.70. The Kier molecular flexibility index (Phi) is 10.5. The molecule has 0 aliphatic carbocycles. The summed E-state index contributed by atoms with van der Waals surface area (Å²) in [5.74, 6) is -0.384. The molecule has 3 amide bonds. The van der Waals surface area contributed by atoms with E-state index in [1.54, 1.807) is 23.1 Å². The number of hydrogen-bond acceptors (Lipinski definition) is 5. The number of nitrogens with one attached hydrogen (secondary N) is 2. The van der Waals surface area contributed by atoms with E-state index in [1.807, 2.05) is 60.7 Å². The van der Waals surface area contributed by atoms with Gasteiger partial charge in [0.1, 0.15) is 6.04 Å². The molecule has 0 aromatic heterocycles. The van der Waals surface area contributed by atoms with Gasteiger partial charge in [0.25, 0.3) is 0 Å². The highest BCUT2D eigenvalue weighted by Gasteiger charge is 2.26. The van der Waals surface area contributed by atoms with Gasteiger partial charge in [0.05, 0.1) is 18.1 Å². The molecule has 2 N–H and O–H groups in total. The Labute approximate surface area is 236 Å². The molecule has 1 saturated heterocycles. The van der Waals surface area contributed by atoms with Crippen LogP contribution in [0.2, 0.25) is 0 Å². The topological polar surface area (TPSA) is 105 Å². The molecule has 1 fully saturated rings. The van der Waals surface area contributed by atoms with Gasteiger partial charge >= 0.3 is 6.03 Å². The van der Waals surface area contributed by atoms with Gasteiger partial charge in [-0.05, 0) is 36.1 Å². The highest BCUT2D eigenvalue weighted by Crippen LogP contribution is 2.14. The van der Waals surface area contributed by atoms with Crippen molar-refractivity contribution in [3.05, 3.63) is 114 Å². The molecule has 0 spiro atoms. The summed E-state index contributed by atoms with van der Waals surface area (Å²) in [6, 6.07) is 25.7. The van der Waals surface area contributed by atoms with Crippen molar-refractivity contribution in [2.24, 2.45) is 0 Å². The number of urea groups is 1. The van der Waals surface area contributed by atoms with Crippen LogP contribution in [0, 0.1) is 0 Å². The van der Waals surface area contributed by atoms with Crippen LogP contribution in [0.15, 0.2) is 107 Å². The molecule has 40 heavy (non-hydrogen) atoms. The van der Waals surface area contributed by atoms with E-state index in [0.29, 0.717) is 45.6 Å². The second-order valence-electron chi connectivity index (χ2n) is 9.62. The van der Waals surface area contributed by atoms with E-state index in [4.69, 9.17) is 4.74 Å². The molecule has 0 bridgehead atoms. The first kappa shape index (κ1) is 29.0. The fraction of sp³-hybridized carbons (Fsp3) is 0.290. The first-order valence-electron chi connectivity index (χ1n) is 13.4. The maximum atomic E-state index is 13.6. The zero-order chi connectivity index (χ0) is 28.2. The Morgan fingerprint density at radius 1 is 0.825 bits per heavy atom. The number of sulfone groups is 1. The van der Waals surface area contributed by atoms with Gasteiger partial charge in [-0.25, -0.2) is 13.2 Å². The third-order valence-corrected chi connectivity index (χ3v) is 8.12. The number of aryl methyl sites for hydroxylation is 1. The standard InChI is InChI=1S/C31H35N3O5S/c35-30(29(24-26-12-6-2-7-13-26)33-31(36)34-19-21-39-22-20-34)32-27(17-16-25-10-4-1-5-11-25)18-23-40(37,38)28-14-8-3-9-15-28/h1-15,18,23,27,29H,16-17,19-22,24H2,(H,32,35)(H,33,36)/b23-18+/t27?,29-/m0/s1. The van der Waals surface area contributed by atoms with Crippen molar-refractivity contribution in [2.75, 3.05) is 26.3 Å². The summed E-state index contributed by atoms with van der Waals surface area (Å²) in [5, 5.41) is 7.03. The Balaban J connectivity index is 1.53. The average Bonchev–Trinajstić information content (AvgIpc) is 3.00. The minimum Gasteiger partial charge on any atom is -0.378 e. The first-order chi connectivity index (χ1) is 19.4. The van der Waals surface area contributed by atoms with Gasteiger partial charge in [-0.15, -0.1) is 0 Å². The number of amides is 3. The van der Waals surface area contributed by atoms with Crippen molar-refractivity contribution in [2.45, 2.75) is 36.2 Å². The monoisotopic (exact) mass is 561 g/mol. The highest BCUT2D eigenvalue weighted by atomic mass is 32.2. The number of carbonyl (C=O) groups excluding carboxylic acids is 2. The SMILES string of the molecule is O=C(NC(/C=C/S(=O)(=O)c1ccccc1)CCc1ccccc1)[C@H](Cc1ccccc1)NC(=O)N1CCOCC1. The van der Waals surface area contributed by atoms with Crippen LogP contribution in [-0.4, -0.2) is 63.6 Å². The molecule has 3 aromatic rings. The predicted molar refractivity (Wildman–Crippen MR) is 154 cm³/mol. The maximum Gasteiger partial charge on any atom is 0.318 e. The van der Waals surface area contributed by atoms with Crippen LogP contribution in [0.5, 0.6) is 0 Å². The highest BCUT2D eigenvalue weighted by molar-refractivity contribution is 7.94. The minimum atomic E-state index is -3.70. The zero-order valence-electron chi connectivity index (χ0n) is 22.3. The molecule has 1 heterocycles. The summed E-state index contributed by atoms with van der Waals surface area (Å²) in [5.41, 5.74) is 1.97. The van der Waals surface area contributed by atoms with E-state index in [1.165, 1.54) is 18.2 Å². The average molecular weight is 562 g/mol. The van der Waals surface area contributed by atoms with Gasteiger partial charge < -0.3 is 20.3 Å². The van der Waals surface area contributed by atoms with Crippen LogP contribution < -0.4 is 10.6 Å². The molecule has 0 saturated carbocycles. The lowest BCUT2D eigenvalue weighted by molar-refractivity contribution is -0.123. The summed E-state index contributed by atoms with van der Waals surface area (Å²) in [6.45, 7) is 1.80. The van der Waals surface area contributed by atoms with Gasteiger partial charge in [0, 0.05) is 31.0 Å². The molecular weight excluding hydrogens is 526 g/mol. The lowest BCUT2D eigenvalue weighted by atomic mass is 10.0. The lowest BCUT2D eigenvalue weighted by Crippen LogP contribution is -2.55. The van der Waals surface area contributed by atoms with Crippen molar-refractivity contribution in [1.82, 2.24) is 15.5 Å². The Morgan fingerprint density at radius 2 is 1.40 bits per heavy atom. The molecule has 0 radical (unpaired) electrons. The molecule has 9 heteroatoms. The second kappa shape index (κ2) is 14.4. The molecule has 8 nitrogen and oxygen atoms in total. The summed E-state index contributed by atoms with van der Waals surface area (Å²) in [4.78, 5) is 28.4. The normalized spacial score (nSPS) is 15.3. The second-order valence-corrected chi connectivity index (χ2v) is 11.5. The van der Waals surface area contributed by atoms with E-state index in [0.717, 1.165) is 16.5 Å². The van der Waals surface area contributed by atoms with Crippen LogP contribution >= 0.6 is 0 Å². The van der Waals surface area contributed by atoms with Crippen LogP contribution in [0.3, 0.4) is 0 Å². The Bertz CT molecular complexity index is 1360. The molecule has 1 aliphatic heterocycles. The van der Waals surface area contributed by atoms with E-state index in [-0.39, 0.29) is 16.8 Å². The molecule has 2 atom stereocenters. The molecule has 3 aromatic carbocycles. The summed E-state index contributed by atoms with van der Waals surface area (Å²) in [6.07, 6.45) is 2.92. The predicted octanol–water partition coefficient (Wildman–Crippen LogP) is 3.74. The number of ether oxygens (including phenoxy) is 1. The number of hydrogen-bond donors (Lipinski definition) is 2. The number of carbonyl (C=O) groups is 2. The van der Waals surface area contributed by atoms with Gasteiger partial charge in [0.2, 0.25) is 5.91 Å². The maximum absolute atomic E-state index is 13.6. The Hall–Kier alpha value is -3.95. The molecular formula is C31H35N3O5S.